The highest BCUT2D eigenvalue weighted by Crippen LogP contribution is 2.39. The minimum Gasteiger partial charge on any atom is -0.396 e. The van der Waals surface area contributed by atoms with Gasteiger partial charge in [-0.05, 0) is 0 Å². The minimum atomic E-state index is -1.47. The summed E-state index contributed by atoms with van der Waals surface area (Å²) in [5.74, 6) is -2.72. The summed E-state index contributed by atoms with van der Waals surface area (Å²) in [6, 6.07) is 1.75. The second-order valence-corrected chi connectivity index (χ2v) is 7.28. The molecular weight excluding hydrogens is 442 g/mol. The van der Waals surface area contributed by atoms with Gasteiger partial charge in [-0.25, -0.2) is 0 Å². The molecule has 184 valence electrons. The summed E-state index contributed by atoms with van der Waals surface area (Å²) >= 11 is 0. The van der Waals surface area contributed by atoms with Gasteiger partial charge in [0, 0.05) is 37.9 Å². The quantitative estimate of drug-likeness (QED) is 0.0832. The molecule has 0 aromatic rings. The van der Waals surface area contributed by atoms with E-state index in [1.54, 1.807) is 13.0 Å². The van der Waals surface area contributed by atoms with Gasteiger partial charge < -0.3 is 46.1 Å². The van der Waals surface area contributed by atoms with Gasteiger partial charge in [0.15, 0.2) is 11.2 Å². The van der Waals surface area contributed by atoms with E-state index in [1.165, 1.54) is 6.92 Å². The largest absolute Gasteiger partial charge is 0.396 e. The molecular formula is C19H29N5O9. The number of carbonyl (C=O) groups excluding carboxylic acids is 2. The normalized spacial score (nSPS) is 23.8. The van der Waals surface area contributed by atoms with Crippen LogP contribution in [-0.4, -0.2) is 116 Å². The van der Waals surface area contributed by atoms with Crippen LogP contribution in [0.3, 0.4) is 0 Å². The number of hydrogen-bond acceptors (Lipinski definition) is 10. The van der Waals surface area contributed by atoms with Gasteiger partial charge in [0.05, 0.1) is 32.5 Å². The van der Waals surface area contributed by atoms with Crippen LogP contribution in [0.5, 0.6) is 0 Å². The van der Waals surface area contributed by atoms with Gasteiger partial charge >= 0.3 is 12.4 Å². The molecule has 0 aromatic carbocycles. The van der Waals surface area contributed by atoms with Crippen LogP contribution >= 0.6 is 0 Å². The Balaban J connectivity index is 0.000000555. The fourth-order valence-corrected chi connectivity index (χ4v) is 2.96. The SMILES string of the molecule is CC#N.C[C@H](C(CO)CO)[C@@]1(C(=O)C=[N+]=[N-])CO1.[N-]=[N+]=CC(=O)[C@]1([C@H](O)C(CO)CO)CO1. The van der Waals surface area contributed by atoms with E-state index in [0.29, 0.717) is 6.21 Å². The van der Waals surface area contributed by atoms with Crippen LogP contribution in [-0.2, 0) is 19.1 Å². The fraction of sp³-hybridized carbons (Fsp3) is 0.737. The lowest BCUT2D eigenvalue weighted by molar-refractivity contribution is -0.127. The van der Waals surface area contributed by atoms with E-state index in [2.05, 4.69) is 9.58 Å². The molecule has 14 heteroatoms. The molecule has 2 fully saturated rings. The van der Waals surface area contributed by atoms with E-state index in [0.717, 1.165) is 6.21 Å². The number of nitrogens with zero attached hydrogens (tertiary/aromatic N) is 5. The summed E-state index contributed by atoms with van der Waals surface area (Å²) in [5.41, 5.74) is 13.9. The van der Waals surface area contributed by atoms with E-state index in [-0.39, 0.29) is 32.3 Å². The second kappa shape index (κ2) is 14.5. The molecule has 0 amide bonds. The van der Waals surface area contributed by atoms with E-state index in [4.69, 9.17) is 46.2 Å². The fourth-order valence-electron chi connectivity index (χ4n) is 2.96. The van der Waals surface area contributed by atoms with Crippen LogP contribution in [0, 0.1) is 29.1 Å². The zero-order chi connectivity index (χ0) is 25.7. The molecule has 0 radical (unpaired) electrons. The highest BCUT2D eigenvalue weighted by atomic mass is 16.6. The maximum absolute atomic E-state index is 11.5. The summed E-state index contributed by atoms with van der Waals surface area (Å²) in [5, 5.41) is 52.6. The monoisotopic (exact) mass is 471 g/mol. The second-order valence-electron chi connectivity index (χ2n) is 7.28. The number of epoxide rings is 2. The molecule has 2 rings (SSSR count). The Morgan fingerprint density at radius 3 is 1.58 bits per heavy atom. The number of ketones is 2. The molecule has 2 saturated heterocycles. The van der Waals surface area contributed by atoms with Crippen molar-refractivity contribution in [2.45, 2.75) is 31.2 Å². The van der Waals surface area contributed by atoms with Gasteiger partial charge in [0.25, 0.3) is 11.6 Å². The third kappa shape index (κ3) is 7.69. The van der Waals surface area contributed by atoms with Crippen molar-refractivity contribution in [2.24, 2.45) is 17.8 Å². The third-order valence-corrected chi connectivity index (χ3v) is 5.40. The first kappa shape index (κ1) is 30.3. The zero-order valence-corrected chi connectivity index (χ0v) is 18.3. The van der Waals surface area contributed by atoms with E-state index in [9.17, 15) is 14.7 Å². The first-order valence-electron chi connectivity index (χ1n) is 9.80. The molecule has 5 N–H and O–H groups in total. The molecule has 0 bridgehead atoms. The summed E-state index contributed by atoms with van der Waals surface area (Å²) in [6.07, 6.45) is 0.0927. The number of Topliss-reactive ketones (excluding diaryl/α,β-unsaturated/α-hetero) is 2. The van der Waals surface area contributed by atoms with Gasteiger partial charge in [-0.2, -0.15) is 14.8 Å². The predicted molar refractivity (Wildman–Crippen MR) is 109 cm³/mol. The van der Waals surface area contributed by atoms with Crippen LogP contribution in [0.1, 0.15) is 13.8 Å². The molecule has 2 heterocycles. The molecule has 0 saturated carbocycles. The van der Waals surface area contributed by atoms with Crippen molar-refractivity contribution in [1.82, 2.24) is 0 Å². The van der Waals surface area contributed by atoms with Gasteiger partial charge in [-0.1, -0.05) is 6.92 Å². The van der Waals surface area contributed by atoms with Gasteiger partial charge in [-0.15, -0.1) is 0 Å². The average molecular weight is 471 g/mol. The van der Waals surface area contributed by atoms with Gasteiger partial charge in [0.2, 0.25) is 0 Å². The van der Waals surface area contributed by atoms with Crippen LogP contribution in [0.15, 0.2) is 0 Å². The maximum atomic E-state index is 11.5. The molecule has 2 aliphatic rings. The van der Waals surface area contributed by atoms with Crippen molar-refractivity contribution < 1.29 is 54.2 Å². The number of ether oxygens (including phenoxy) is 2. The molecule has 0 unspecified atom stereocenters. The minimum absolute atomic E-state index is 0.0183. The number of nitriles is 1. The first-order valence-corrected chi connectivity index (χ1v) is 9.80. The topological polar surface area (TPSA) is 257 Å². The van der Waals surface area contributed by atoms with E-state index < -0.39 is 53.9 Å². The lowest BCUT2D eigenvalue weighted by Crippen LogP contribution is -2.46. The number of aliphatic hydroxyl groups is 5. The molecule has 0 aliphatic carbocycles. The standard InChI is InChI=1S/C9H14N2O4.C8H12N2O5.C2H3N/c1-6(7(3-12)4-13)9(5-15-9)8(14)2-11-10;9-10-1-6(13)8(4-15-8)7(14)5(2-11)3-12;1-2-3/h2,6-7,12-13H,3-5H2,1H3;1,5,7,11-12,14H,2-4H2;1H3/t6-,9-;7-,8+;/m11./s1. The van der Waals surface area contributed by atoms with Crippen molar-refractivity contribution in [3.8, 4) is 6.07 Å². The summed E-state index contributed by atoms with van der Waals surface area (Å²) in [4.78, 5) is 28.1. The summed E-state index contributed by atoms with van der Waals surface area (Å²) < 4.78 is 9.92. The Labute approximate surface area is 189 Å². The van der Waals surface area contributed by atoms with Crippen LogP contribution in [0.2, 0.25) is 0 Å². The Bertz CT molecular complexity index is 726. The Hall–Kier alpha value is -2.69. The van der Waals surface area contributed by atoms with Crippen molar-refractivity contribution in [2.75, 3.05) is 39.6 Å². The van der Waals surface area contributed by atoms with Crippen molar-refractivity contribution >= 4 is 24.0 Å². The van der Waals surface area contributed by atoms with E-state index >= 15 is 0 Å². The Morgan fingerprint density at radius 1 is 0.970 bits per heavy atom. The molecule has 0 aromatic heterocycles. The lowest BCUT2D eigenvalue weighted by Gasteiger charge is -2.23. The summed E-state index contributed by atoms with van der Waals surface area (Å²) in [6.45, 7) is 2.00. The number of carbonyl (C=O) groups is 2. The molecule has 4 atom stereocenters. The third-order valence-electron chi connectivity index (χ3n) is 5.40. The lowest BCUT2D eigenvalue weighted by atomic mass is 9.81. The van der Waals surface area contributed by atoms with Crippen molar-refractivity contribution in [3.05, 3.63) is 11.1 Å². The molecule has 0 spiro atoms. The van der Waals surface area contributed by atoms with Crippen molar-refractivity contribution in [3.63, 3.8) is 0 Å². The highest BCUT2D eigenvalue weighted by molar-refractivity contribution is 6.30. The first-order chi connectivity index (χ1) is 15.7. The smallest absolute Gasteiger partial charge is 0.326 e. The van der Waals surface area contributed by atoms with Crippen LogP contribution in [0.25, 0.3) is 11.1 Å². The average Bonchev–Trinajstić information content (AvgIpc) is 3.71. The van der Waals surface area contributed by atoms with Crippen LogP contribution in [0.4, 0.5) is 0 Å². The Kier molecular flexibility index (Phi) is 13.3. The number of aliphatic hydroxyl groups excluding tert-OH is 5. The highest BCUT2D eigenvalue weighted by Gasteiger charge is 2.60. The summed E-state index contributed by atoms with van der Waals surface area (Å²) in [7, 11) is 0. The zero-order valence-electron chi connectivity index (χ0n) is 18.3. The number of rotatable bonds is 12. The van der Waals surface area contributed by atoms with E-state index in [1.807, 2.05) is 0 Å². The molecule has 33 heavy (non-hydrogen) atoms. The van der Waals surface area contributed by atoms with Gasteiger partial charge in [-0.3, -0.25) is 9.59 Å². The van der Waals surface area contributed by atoms with Crippen LogP contribution < -0.4 is 0 Å². The molecule has 2 aliphatic heterocycles. The number of hydrogen-bond donors (Lipinski definition) is 5. The van der Waals surface area contributed by atoms with Gasteiger partial charge in [0.1, 0.15) is 6.10 Å². The Morgan fingerprint density at radius 2 is 1.30 bits per heavy atom. The maximum Gasteiger partial charge on any atom is 0.326 e. The predicted octanol–water partition coefficient (Wildman–Crippen LogP) is -3.02. The molecule has 14 nitrogen and oxygen atoms in total. The van der Waals surface area contributed by atoms with Crippen molar-refractivity contribution in [1.29, 1.82) is 5.26 Å².